The third-order valence-electron chi connectivity index (χ3n) is 14.6. The van der Waals surface area contributed by atoms with E-state index in [0.29, 0.717) is 25.7 Å². The summed E-state index contributed by atoms with van der Waals surface area (Å²) in [5.41, 5.74) is 0. The molecule has 3 N–H and O–H groups in total. The maximum atomic E-state index is 13.0. The van der Waals surface area contributed by atoms with E-state index >= 15 is 0 Å². The lowest BCUT2D eigenvalue weighted by Crippen LogP contribution is -2.30. The molecular formula is C62H120O17P2. The molecule has 0 aromatic rings. The number of aliphatic hydroxyl groups is 1. The van der Waals surface area contributed by atoms with Gasteiger partial charge in [0.15, 0.2) is 12.2 Å². The molecule has 6 atom stereocenters. The van der Waals surface area contributed by atoms with Crippen LogP contribution in [0.25, 0.3) is 0 Å². The van der Waals surface area contributed by atoms with Gasteiger partial charge < -0.3 is 33.8 Å². The summed E-state index contributed by atoms with van der Waals surface area (Å²) in [5.74, 6) is -0.663. The quantitative estimate of drug-likeness (QED) is 0.0222. The number of ether oxygens (including phenoxy) is 4. The predicted molar refractivity (Wildman–Crippen MR) is 321 cm³/mol. The Morgan fingerprint density at radius 2 is 0.630 bits per heavy atom. The van der Waals surface area contributed by atoms with E-state index < -0.39 is 97.5 Å². The molecule has 0 fully saturated rings. The molecule has 0 aliphatic heterocycles. The first-order valence-electron chi connectivity index (χ1n) is 32.5. The number of carbonyl (C=O) groups is 4. The van der Waals surface area contributed by atoms with Crippen LogP contribution in [0.4, 0.5) is 0 Å². The summed E-state index contributed by atoms with van der Waals surface area (Å²) in [6, 6.07) is 0. The van der Waals surface area contributed by atoms with Gasteiger partial charge in [0, 0.05) is 25.7 Å². The molecular weight excluding hydrogens is 1080 g/mol. The van der Waals surface area contributed by atoms with Crippen LogP contribution in [0.5, 0.6) is 0 Å². The molecule has 0 radical (unpaired) electrons. The Morgan fingerprint density at radius 1 is 0.358 bits per heavy atom. The molecule has 0 aromatic carbocycles. The molecule has 0 bridgehead atoms. The smallest absolute Gasteiger partial charge is 0.462 e. The van der Waals surface area contributed by atoms with Crippen molar-refractivity contribution in [3.8, 4) is 0 Å². The van der Waals surface area contributed by atoms with E-state index in [9.17, 15) is 43.2 Å². The number of hydrogen-bond acceptors (Lipinski definition) is 15. The number of hydrogen-bond donors (Lipinski definition) is 3. The second kappa shape index (κ2) is 54.7. The van der Waals surface area contributed by atoms with Crippen molar-refractivity contribution < 1.29 is 80.2 Å². The third-order valence-corrected chi connectivity index (χ3v) is 16.5. The average molecular weight is 1200 g/mol. The van der Waals surface area contributed by atoms with E-state index in [-0.39, 0.29) is 25.7 Å². The van der Waals surface area contributed by atoms with Gasteiger partial charge in [-0.15, -0.1) is 0 Å². The van der Waals surface area contributed by atoms with Crippen molar-refractivity contribution in [2.24, 2.45) is 11.8 Å². The van der Waals surface area contributed by atoms with Gasteiger partial charge >= 0.3 is 39.5 Å². The first-order valence-corrected chi connectivity index (χ1v) is 35.5. The van der Waals surface area contributed by atoms with E-state index in [1.165, 1.54) is 116 Å². The molecule has 3 unspecified atom stereocenters. The molecule has 0 amide bonds. The Kier molecular flexibility index (Phi) is 53.4. The van der Waals surface area contributed by atoms with Crippen molar-refractivity contribution in [1.82, 2.24) is 0 Å². The van der Waals surface area contributed by atoms with Crippen LogP contribution in [-0.2, 0) is 65.4 Å². The van der Waals surface area contributed by atoms with Crippen LogP contribution in [-0.4, -0.2) is 96.7 Å². The van der Waals surface area contributed by atoms with Gasteiger partial charge in [-0.05, 0) is 37.5 Å². The Labute approximate surface area is 492 Å². The number of aliphatic hydroxyl groups excluding tert-OH is 1. The maximum absolute atomic E-state index is 13.0. The summed E-state index contributed by atoms with van der Waals surface area (Å²) in [5, 5.41) is 10.5. The molecule has 19 heteroatoms. The predicted octanol–water partition coefficient (Wildman–Crippen LogP) is 16.9. The minimum absolute atomic E-state index is 0.102. The summed E-state index contributed by atoms with van der Waals surface area (Å²) >= 11 is 0. The molecule has 0 aliphatic rings. The van der Waals surface area contributed by atoms with Crippen LogP contribution in [0.2, 0.25) is 0 Å². The fourth-order valence-corrected chi connectivity index (χ4v) is 10.7. The van der Waals surface area contributed by atoms with Crippen molar-refractivity contribution in [3.05, 3.63) is 0 Å². The highest BCUT2D eigenvalue weighted by Gasteiger charge is 2.30. The largest absolute Gasteiger partial charge is 0.472 e. The van der Waals surface area contributed by atoms with Gasteiger partial charge in [0.2, 0.25) is 0 Å². The molecule has 0 spiro atoms. The van der Waals surface area contributed by atoms with E-state index in [0.717, 1.165) is 108 Å². The standard InChI is InChI=1S/C62H120O17P2/c1-7-10-12-14-15-16-17-20-23-26-33-39-45-60(65)73-51-58(78-61(66)46-40-34-27-24-21-18-19-22-25-31-36-42-54(4)5)53-77-81(70,71)75-49-56(63)48-74-80(68,69)76-52-57(50-72-59(64)44-38-30-13-11-8-2)79-62(67)47-41-35-29-28-32-37-43-55(6)9-3/h54-58,63H,7-53H2,1-6H3,(H,68,69)(H,70,71)/t55?,56-,57+,58+/m0/s1. The third kappa shape index (κ3) is 55.7. The van der Waals surface area contributed by atoms with Gasteiger partial charge in [0.1, 0.15) is 19.3 Å². The summed E-state index contributed by atoms with van der Waals surface area (Å²) in [7, 11) is -9.88. The minimum atomic E-state index is -4.94. The highest BCUT2D eigenvalue weighted by molar-refractivity contribution is 7.47. The number of carbonyl (C=O) groups excluding carboxylic acids is 4. The Bertz CT molecular complexity index is 1600. The molecule has 17 nitrogen and oxygen atoms in total. The zero-order valence-electron chi connectivity index (χ0n) is 52.1. The lowest BCUT2D eigenvalue weighted by atomic mass is 10.00. The molecule has 0 saturated heterocycles. The van der Waals surface area contributed by atoms with Crippen LogP contribution in [0.3, 0.4) is 0 Å². The van der Waals surface area contributed by atoms with Crippen molar-refractivity contribution in [1.29, 1.82) is 0 Å². The minimum Gasteiger partial charge on any atom is -0.462 e. The Hall–Kier alpha value is -1.94. The zero-order valence-corrected chi connectivity index (χ0v) is 53.9. The van der Waals surface area contributed by atoms with Crippen molar-refractivity contribution in [2.75, 3.05) is 39.6 Å². The summed E-state index contributed by atoms with van der Waals surface area (Å²) in [6.07, 6.45) is 36.5. The van der Waals surface area contributed by atoms with Gasteiger partial charge in [-0.3, -0.25) is 37.3 Å². The average Bonchev–Trinajstić information content (AvgIpc) is 3.43. The van der Waals surface area contributed by atoms with Crippen LogP contribution < -0.4 is 0 Å². The van der Waals surface area contributed by atoms with Gasteiger partial charge in [0.05, 0.1) is 26.4 Å². The van der Waals surface area contributed by atoms with Crippen molar-refractivity contribution >= 4 is 39.5 Å². The zero-order chi connectivity index (χ0) is 60.1. The molecule has 0 heterocycles. The number of phosphoric ester groups is 2. The SMILES string of the molecule is CCCCCCCCCCCCCCC(=O)OC[C@H](COP(=O)(O)OC[C@@H](O)COP(=O)(O)OC[C@@H](COC(=O)CCCCCCC)OC(=O)CCCCCCCCC(C)CC)OC(=O)CCCCCCCCCCCCCC(C)C. The lowest BCUT2D eigenvalue weighted by Gasteiger charge is -2.21. The number of phosphoric acid groups is 2. The second-order valence-corrected chi connectivity index (χ2v) is 26.1. The van der Waals surface area contributed by atoms with Crippen LogP contribution in [0.1, 0.15) is 305 Å². The van der Waals surface area contributed by atoms with E-state index in [4.69, 9.17) is 37.0 Å². The molecule has 0 rings (SSSR count). The van der Waals surface area contributed by atoms with E-state index in [1.807, 2.05) is 0 Å². The van der Waals surface area contributed by atoms with Crippen LogP contribution in [0.15, 0.2) is 0 Å². The normalized spacial score (nSPS) is 14.7. The highest BCUT2D eigenvalue weighted by Crippen LogP contribution is 2.45. The summed E-state index contributed by atoms with van der Waals surface area (Å²) in [4.78, 5) is 71.9. The van der Waals surface area contributed by atoms with Gasteiger partial charge in [-0.2, -0.15) is 0 Å². The van der Waals surface area contributed by atoms with Gasteiger partial charge in [0.25, 0.3) is 0 Å². The Morgan fingerprint density at radius 3 is 0.938 bits per heavy atom. The van der Waals surface area contributed by atoms with Crippen molar-refractivity contribution in [3.63, 3.8) is 0 Å². The summed E-state index contributed by atoms with van der Waals surface area (Å²) < 4.78 is 67.7. The van der Waals surface area contributed by atoms with E-state index in [2.05, 4.69) is 41.5 Å². The fraction of sp³-hybridized carbons (Fsp3) is 0.935. The monoisotopic (exact) mass is 1200 g/mol. The van der Waals surface area contributed by atoms with Crippen LogP contribution >= 0.6 is 15.6 Å². The molecule has 81 heavy (non-hydrogen) atoms. The number of esters is 4. The van der Waals surface area contributed by atoms with Crippen LogP contribution in [0, 0.1) is 11.8 Å². The first-order chi connectivity index (χ1) is 38.9. The second-order valence-electron chi connectivity index (χ2n) is 23.2. The van der Waals surface area contributed by atoms with E-state index in [1.54, 1.807) is 0 Å². The number of rotatable bonds is 61. The fourth-order valence-electron chi connectivity index (χ4n) is 9.15. The lowest BCUT2D eigenvalue weighted by molar-refractivity contribution is -0.161. The molecule has 0 aromatic heterocycles. The molecule has 480 valence electrons. The van der Waals surface area contributed by atoms with Gasteiger partial charge in [-0.1, -0.05) is 253 Å². The Balaban J connectivity index is 5.19. The first kappa shape index (κ1) is 79.1. The maximum Gasteiger partial charge on any atom is 0.472 e. The molecule has 0 saturated carbocycles. The van der Waals surface area contributed by atoms with Gasteiger partial charge in [-0.25, -0.2) is 9.13 Å². The highest BCUT2D eigenvalue weighted by atomic mass is 31.2. The topological polar surface area (TPSA) is 237 Å². The number of unbranched alkanes of at least 4 members (excludes halogenated alkanes) is 30. The summed E-state index contributed by atoms with van der Waals surface area (Å²) in [6.45, 7) is 9.34. The molecule has 0 aliphatic carbocycles. The van der Waals surface area contributed by atoms with Crippen molar-refractivity contribution in [2.45, 2.75) is 323 Å².